The molecule has 0 fully saturated rings. The Morgan fingerprint density at radius 1 is 1.25 bits per heavy atom. The fraction of sp³-hybridized carbons (Fsp3) is 0.308. The summed E-state index contributed by atoms with van der Waals surface area (Å²) in [5, 5.41) is 4.79. The zero-order valence-corrected chi connectivity index (χ0v) is 12.2. The Morgan fingerprint density at radius 3 is 2.90 bits per heavy atom. The smallest absolute Gasteiger partial charge is 0.160 e. The topological polar surface area (TPSA) is 48.5 Å². The largest absolute Gasteiger partial charge is 0.311 e. The molecule has 0 N–H and O–H groups in total. The fourth-order valence-electron chi connectivity index (χ4n) is 2.18. The van der Waals surface area contributed by atoms with Gasteiger partial charge < -0.3 is 4.57 Å². The minimum absolute atomic E-state index is 0.527. The summed E-state index contributed by atoms with van der Waals surface area (Å²) in [6.07, 6.45) is 6.05. The van der Waals surface area contributed by atoms with E-state index >= 15 is 0 Å². The van der Waals surface area contributed by atoms with Gasteiger partial charge in [0.15, 0.2) is 5.65 Å². The lowest BCUT2D eigenvalue weighted by Crippen LogP contribution is -2.11. The maximum absolute atomic E-state index is 5.96. The van der Waals surface area contributed by atoms with E-state index in [1.807, 2.05) is 23.0 Å². The maximum Gasteiger partial charge on any atom is 0.160 e. The minimum Gasteiger partial charge on any atom is -0.311 e. The van der Waals surface area contributed by atoms with E-state index in [9.17, 15) is 0 Å². The molecule has 7 heteroatoms. The number of fused-ring (bicyclic) bond motifs is 1. The van der Waals surface area contributed by atoms with Gasteiger partial charge in [0.25, 0.3) is 0 Å². The highest BCUT2D eigenvalue weighted by atomic mass is 35.5. The molecule has 0 unspecified atom stereocenters. The van der Waals surface area contributed by atoms with E-state index in [0.717, 1.165) is 30.1 Å². The van der Waals surface area contributed by atoms with Gasteiger partial charge in [-0.15, -0.1) is 11.6 Å². The third-order valence-electron chi connectivity index (χ3n) is 3.06. The van der Waals surface area contributed by atoms with Crippen LogP contribution in [0.4, 0.5) is 0 Å². The van der Waals surface area contributed by atoms with E-state index in [-0.39, 0.29) is 0 Å². The summed E-state index contributed by atoms with van der Waals surface area (Å²) in [6, 6.07) is 3.73. The molecule has 0 aliphatic rings. The SMILES string of the molecule is ClCCc1nc2cc(Cl)cnc2n1CCn1cccn1. The van der Waals surface area contributed by atoms with Gasteiger partial charge in [-0.3, -0.25) is 4.68 Å². The highest BCUT2D eigenvalue weighted by Gasteiger charge is 2.12. The molecule has 0 atom stereocenters. The van der Waals surface area contributed by atoms with Gasteiger partial charge >= 0.3 is 0 Å². The maximum atomic E-state index is 5.96. The number of rotatable bonds is 5. The summed E-state index contributed by atoms with van der Waals surface area (Å²) >= 11 is 11.8. The summed E-state index contributed by atoms with van der Waals surface area (Å²) in [5.41, 5.74) is 1.64. The predicted molar refractivity (Wildman–Crippen MR) is 79.2 cm³/mol. The van der Waals surface area contributed by atoms with Crippen LogP contribution in [0.5, 0.6) is 0 Å². The third kappa shape index (κ3) is 2.64. The highest BCUT2D eigenvalue weighted by molar-refractivity contribution is 6.31. The lowest BCUT2D eigenvalue weighted by Gasteiger charge is -2.08. The fourth-order valence-corrected chi connectivity index (χ4v) is 2.50. The summed E-state index contributed by atoms with van der Waals surface area (Å²) in [4.78, 5) is 8.94. The van der Waals surface area contributed by atoms with Crippen molar-refractivity contribution in [3.8, 4) is 0 Å². The van der Waals surface area contributed by atoms with Crippen molar-refractivity contribution in [3.63, 3.8) is 0 Å². The van der Waals surface area contributed by atoms with Crippen LogP contribution in [0.15, 0.2) is 30.7 Å². The van der Waals surface area contributed by atoms with Crippen LogP contribution >= 0.6 is 23.2 Å². The Morgan fingerprint density at radius 2 is 2.15 bits per heavy atom. The molecule has 3 aromatic heterocycles. The van der Waals surface area contributed by atoms with Gasteiger partial charge in [0, 0.05) is 37.4 Å². The average Bonchev–Trinajstić information content (AvgIpc) is 3.04. The van der Waals surface area contributed by atoms with E-state index in [1.54, 1.807) is 12.4 Å². The van der Waals surface area contributed by atoms with Gasteiger partial charge in [0.05, 0.1) is 11.6 Å². The number of hydrogen-bond acceptors (Lipinski definition) is 3. The van der Waals surface area contributed by atoms with E-state index in [1.165, 1.54) is 0 Å². The third-order valence-corrected chi connectivity index (χ3v) is 3.46. The van der Waals surface area contributed by atoms with Crippen molar-refractivity contribution in [2.45, 2.75) is 19.5 Å². The van der Waals surface area contributed by atoms with Crippen molar-refractivity contribution >= 4 is 34.4 Å². The van der Waals surface area contributed by atoms with E-state index in [0.29, 0.717) is 17.3 Å². The molecule has 3 rings (SSSR count). The second-order valence-electron chi connectivity index (χ2n) is 4.38. The molecule has 0 aliphatic carbocycles. The number of imidazole rings is 1. The molecule has 0 bridgehead atoms. The van der Waals surface area contributed by atoms with Gasteiger partial charge in [0.1, 0.15) is 11.3 Å². The lowest BCUT2D eigenvalue weighted by atomic mass is 10.4. The van der Waals surface area contributed by atoms with Crippen LogP contribution in [-0.2, 0) is 19.5 Å². The van der Waals surface area contributed by atoms with Crippen LogP contribution in [0.3, 0.4) is 0 Å². The van der Waals surface area contributed by atoms with Gasteiger partial charge in [0.2, 0.25) is 0 Å². The molecule has 0 amide bonds. The summed E-state index contributed by atoms with van der Waals surface area (Å²) in [7, 11) is 0. The van der Waals surface area contributed by atoms with Crippen LogP contribution in [0.2, 0.25) is 5.02 Å². The Bertz CT molecular complexity index is 705. The highest BCUT2D eigenvalue weighted by Crippen LogP contribution is 2.18. The summed E-state index contributed by atoms with van der Waals surface area (Å²) < 4.78 is 3.96. The van der Waals surface area contributed by atoms with Crippen molar-refractivity contribution in [2.75, 3.05) is 5.88 Å². The molecular formula is C13H13Cl2N5. The lowest BCUT2D eigenvalue weighted by molar-refractivity contribution is 0.528. The second kappa shape index (κ2) is 5.81. The zero-order chi connectivity index (χ0) is 13.9. The molecule has 0 aliphatic heterocycles. The Kier molecular flexibility index (Phi) is 3.89. The van der Waals surface area contributed by atoms with E-state index < -0.39 is 0 Å². The number of halogens is 2. The first-order chi connectivity index (χ1) is 9.78. The zero-order valence-electron chi connectivity index (χ0n) is 10.7. The number of aromatic nitrogens is 5. The molecule has 0 aromatic carbocycles. The predicted octanol–water partition coefficient (Wildman–Crippen LogP) is 2.76. The average molecular weight is 310 g/mol. The standard InChI is InChI=1S/C13H13Cl2N5/c14-3-2-12-18-11-8-10(15)9-16-13(11)20(12)7-6-19-5-1-4-17-19/h1,4-5,8-9H,2-3,6-7H2. The molecule has 0 spiro atoms. The number of pyridine rings is 1. The molecule has 20 heavy (non-hydrogen) atoms. The molecule has 0 saturated heterocycles. The number of alkyl halides is 1. The minimum atomic E-state index is 0.527. The molecule has 0 saturated carbocycles. The Labute approximate surface area is 126 Å². The summed E-state index contributed by atoms with van der Waals surface area (Å²) in [6.45, 7) is 1.51. The number of aryl methyl sites for hydroxylation is 3. The van der Waals surface area contributed by atoms with Crippen molar-refractivity contribution in [3.05, 3.63) is 41.6 Å². The molecule has 3 heterocycles. The number of hydrogen-bond donors (Lipinski definition) is 0. The van der Waals surface area contributed by atoms with Crippen LogP contribution in [-0.4, -0.2) is 30.2 Å². The normalized spacial score (nSPS) is 11.3. The Balaban J connectivity index is 1.95. The van der Waals surface area contributed by atoms with Gasteiger partial charge in [-0.1, -0.05) is 11.6 Å². The first-order valence-corrected chi connectivity index (χ1v) is 7.23. The Hall–Kier alpha value is -1.59. The van der Waals surface area contributed by atoms with Gasteiger partial charge in [-0.2, -0.15) is 5.10 Å². The first kappa shape index (κ1) is 13.4. The van der Waals surface area contributed by atoms with E-state index in [4.69, 9.17) is 23.2 Å². The van der Waals surface area contributed by atoms with Gasteiger partial charge in [-0.25, -0.2) is 9.97 Å². The van der Waals surface area contributed by atoms with Crippen LogP contribution in [0.25, 0.3) is 11.2 Å². The van der Waals surface area contributed by atoms with Crippen molar-refractivity contribution in [1.82, 2.24) is 24.3 Å². The van der Waals surface area contributed by atoms with Gasteiger partial charge in [-0.05, 0) is 12.1 Å². The van der Waals surface area contributed by atoms with Crippen molar-refractivity contribution < 1.29 is 0 Å². The molecule has 104 valence electrons. The first-order valence-electron chi connectivity index (χ1n) is 6.32. The van der Waals surface area contributed by atoms with Crippen molar-refractivity contribution in [2.24, 2.45) is 0 Å². The van der Waals surface area contributed by atoms with Crippen LogP contribution in [0.1, 0.15) is 5.82 Å². The molecular weight excluding hydrogens is 297 g/mol. The van der Waals surface area contributed by atoms with E-state index in [2.05, 4.69) is 19.6 Å². The number of nitrogens with zero attached hydrogens (tertiary/aromatic N) is 5. The van der Waals surface area contributed by atoms with Crippen molar-refractivity contribution in [1.29, 1.82) is 0 Å². The quantitative estimate of drug-likeness (QED) is 0.681. The second-order valence-corrected chi connectivity index (χ2v) is 5.20. The van der Waals surface area contributed by atoms with Crippen LogP contribution < -0.4 is 0 Å². The molecule has 3 aromatic rings. The monoisotopic (exact) mass is 309 g/mol. The van der Waals surface area contributed by atoms with Crippen LogP contribution in [0, 0.1) is 0 Å². The molecule has 0 radical (unpaired) electrons. The molecule has 5 nitrogen and oxygen atoms in total. The summed E-state index contributed by atoms with van der Waals surface area (Å²) in [5.74, 6) is 1.45.